The molecule has 9 nitrogen and oxygen atoms in total. The van der Waals surface area contributed by atoms with E-state index in [1.165, 1.54) is 5.56 Å². The second-order valence-electron chi connectivity index (χ2n) is 10.7. The predicted molar refractivity (Wildman–Crippen MR) is 158 cm³/mol. The Balaban J connectivity index is 1.44. The minimum atomic E-state index is -0.561. The molecule has 4 heterocycles. The van der Waals surface area contributed by atoms with Crippen molar-refractivity contribution < 1.29 is 4.79 Å². The number of likely N-dealkylation sites (N-methyl/N-ethyl adjacent to an activating group) is 1. The Labute approximate surface area is 233 Å². The van der Waals surface area contributed by atoms with Crippen LogP contribution >= 0.6 is 0 Å². The second kappa shape index (κ2) is 10.2. The van der Waals surface area contributed by atoms with Crippen molar-refractivity contribution in [3.8, 4) is 0 Å². The van der Waals surface area contributed by atoms with E-state index in [-0.39, 0.29) is 11.5 Å². The highest BCUT2D eigenvalue weighted by Crippen LogP contribution is 2.31. The molecule has 1 fully saturated rings. The Morgan fingerprint density at radius 2 is 1.90 bits per heavy atom. The summed E-state index contributed by atoms with van der Waals surface area (Å²) in [4.78, 5) is 40.2. The number of carbonyl (C=O) groups is 1. The van der Waals surface area contributed by atoms with Crippen LogP contribution in [0.2, 0.25) is 0 Å². The highest BCUT2D eigenvalue weighted by Gasteiger charge is 2.33. The molecular formula is C31H33N7O2. The van der Waals surface area contributed by atoms with Crippen molar-refractivity contribution in [3.05, 3.63) is 100.0 Å². The Morgan fingerprint density at radius 3 is 2.62 bits per heavy atom. The zero-order valence-electron chi connectivity index (χ0n) is 23.0. The Hall–Kier alpha value is -4.50. The number of nitrogens with one attached hydrogen (secondary N) is 2. The molecule has 2 aliphatic heterocycles. The summed E-state index contributed by atoms with van der Waals surface area (Å²) >= 11 is 0. The minimum absolute atomic E-state index is 0.131. The summed E-state index contributed by atoms with van der Waals surface area (Å²) in [5.74, 6) is 0.779. The number of hydrogen-bond acceptors (Lipinski definition) is 7. The number of fused-ring (bicyclic) bond motifs is 2. The lowest BCUT2D eigenvalue weighted by Gasteiger charge is -2.35. The summed E-state index contributed by atoms with van der Waals surface area (Å²) in [6.45, 7) is 6.18. The average Bonchev–Trinajstić information content (AvgIpc) is 3.50. The largest absolute Gasteiger partial charge is 0.377 e. The van der Waals surface area contributed by atoms with Gasteiger partial charge in [0.25, 0.3) is 11.5 Å². The van der Waals surface area contributed by atoms with Crippen LogP contribution in [0, 0.1) is 0 Å². The SMILES string of the molecule is C=C(c1cc2cnc(Nc3ccc(C4CCNC4)cc3)nc2n(C2Cc3ccccc3C(=O)N2C)c1=O)N(C)C. The maximum absolute atomic E-state index is 14.1. The second-order valence-corrected chi connectivity index (χ2v) is 10.7. The van der Waals surface area contributed by atoms with Crippen molar-refractivity contribution in [2.45, 2.75) is 24.9 Å². The number of anilines is 2. The Morgan fingerprint density at radius 1 is 1.12 bits per heavy atom. The van der Waals surface area contributed by atoms with E-state index in [1.54, 1.807) is 33.7 Å². The summed E-state index contributed by atoms with van der Waals surface area (Å²) in [6.07, 6.45) is 2.78. The summed E-state index contributed by atoms with van der Waals surface area (Å²) in [7, 11) is 5.43. The van der Waals surface area contributed by atoms with Crippen molar-refractivity contribution in [3.63, 3.8) is 0 Å². The molecule has 6 rings (SSSR count). The van der Waals surface area contributed by atoms with Crippen LogP contribution in [0.4, 0.5) is 11.6 Å². The molecule has 0 saturated carbocycles. The molecule has 2 atom stereocenters. The molecule has 2 aliphatic rings. The van der Waals surface area contributed by atoms with E-state index in [2.05, 4.69) is 34.3 Å². The molecule has 204 valence electrons. The summed E-state index contributed by atoms with van der Waals surface area (Å²) < 4.78 is 1.62. The van der Waals surface area contributed by atoms with Crippen LogP contribution in [0.25, 0.3) is 16.7 Å². The van der Waals surface area contributed by atoms with Crippen LogP contribution in [-0.4, -0.2) is 64.5 Å². The van der Waals surface area contributed by atoms with E-state index in [4.69, 9.17) is 4.98 Å². The average molecular weight is 536 g/mol. The highest BCUT2D eigenvalue weighted by molar-refractivity contribution is 5.96. The lowest BCUT2D eigenvalue weighted by atomic mass is 9.97. The van der Waals surface area contributed by atoms with Crippen LogP contribution in [0.15, 0.2) is 72.2 Å². The van der Waals surface area contributed by atoms with Gasteiger partial charge in [-0.1, -0.05) is 36.9 Å². The van der Waals surface area contributed by atoms with E-state index in [9.17, 15) is 9.59 Å². The molecule has 2 aromatic heterocycles. The van der Waals surface area contributed by atoms with E-state index < -0.39 is 6.17 Å². The third-order valence-electron chi connectivity index (χ3n) is 8.04. The fourth-order valence-corrected chi connectivity index (χ4v) is 5.64. The lowest BCUT2D eigenvalue weighted by molar-refractivity contribution is 0.0629. The molecule has 4 aromatic rings. The van der Waals surface area contributed by atoms with Gasteiger partial charge in [0, 0.05) is 62.6 Å². The number of amides is 1. The summed E-state index contributed by atoms with van der Waals surface area (Å²) in [6, 6.07) is 17.7. The van der Waals surface area contributed by atoms with Gasteiger partial charge >= 0.3 is 0 Å². The van der Waals surface area contributed by atoms with Crippen LogP contribution in [0.5, 0.6) is 0 Å². The van der Waals surface area contributed by atoms with Gasteiger partial charge in [-0.3, -0.25) is 14.2 Å². The number of nitrogens with zero attached hydrogens (tertiary/aromatic N) is 5. The van der Waals surface area contributed by atoms with Crippen molar-refractivity contribution in [1.29, 1.82) is 0 Å². The first-order valence-corrected chi connectivity index (χ1v) is 13.5. The van der Waals surface area contributed by atoms with Crippen molar-refractivity contribution >= 4 is 34.3 Å². The predicted octanol–water partition coefficient (Wildman–Crippen LogP) is 3.97. The fraction of sp³-hybridized carbons (Fsp3) is 0.290. The minimum Gasteiger partial charge on any atom is -0.377 e. The lowest BCUT2D eigenvalue weighted by Crippen LogP contribution is -2.44. The van der Waals surface area contributed by atoms with Gasteiger partial charge < -0.3 is 20.4 Å². The molecular weight excluding hydrogens is 502 g/mol. The number of hydrogen-bond donors (Lipinski definition) is 2. The monoisotopic (exact) mass is 535 g/mol. The first-order valence-electron chi connectivity index (χ1n) is 13.5. The van der Waals surface area contributed by atoms with Gasteiger partial charge in [0.1, 0.15) is 11.8 Å². The van der Waals surface area contributed by atoms with Crippen LogP contribution in [-0.2, 0) is 6.42 Å². The van der Waals surface area contributed by atoms with Gasteiger partial charge in [-0.25, -0.2) is 4.98 Å². The topological polar surface area (TPSA) is 95.4 Å². The van der Waals surface area contributed by atoms with Crippen LogP contribution in [0.1, 0.15) is 45.6 Å². The van der Waals surface area contributed by atoms with Gasteiger partial charge in [0.2, 0.25) is 5.95 Å². The number of pyridine rings is 1. The molecule has 2 unspecified atom stereocenters. The third kappa shape index (κ3) is 4.52. The number of carbonyl (C=O) groups excluding carboxylic acids is 1. The van der Waals surface area contributed by atoms with Crippen molar-refractivity contribution in [2.75, 3.05) is 39.5 Å². The number of rotatable bonds is 6. The molecule has 0 radical (unpaired) electrons. The first kappa shape index (κ1) is 25.8. The van der Waals surface area contributed by atoms with E-state index >= 15 is 0 Å². The fourth-order valence-electron chi connectivity index (χ4n) is 5.64. The van der Waals surface area contributed by atoms with Crippen molar-refractivity contribution in [2.24, 2.45) is 0 Å². The summed E-state index contributed by atoms with van der Waals surface area (Å²) in [5, 5.41) is 7.39. The summed E-state index contributed by atoms with van der Waals surface area (Å²) in [5.41, 5.74) is 4.94. The standard InChI is InChI=1S/C31H33N7O2/c1-19(36(2)3)26-15-23-18-33-31(34-24-11-9-20(10-12-24)22-13-14-32-17-22)35-28(23)38(30(26)40)27-16-21-7-5-6-8-25(21)29(39)37(27)4/h5-12,15,18,22,27,32H,1,13-14,16-17H2,2-4H3,(H,33,34,35). The third-order valence-corrected chi connectivity index (χ3v) is 8.04. The van der Waals surface area contributed by atoms with Crippen LogP contribution in [0.3, 0.4) is 0 Å². The normalized spacial score (nSPS) is 18.6. The molecule has 0 bridgehead atoms. The zero-order chi connectivity index (χ0) is 28.0. The quantitative estimate of drug-likeness (QED) is 0.386. The molecule has 0 spiro atoms. The Kier molecular flexibility index (Phi) is 6.59. The van der Waals surface area contributed by atoms with Crippen LogP contribution < -0.4 is 16.2 Å². The molecule has 1 saturated heterocycles. The zero-order valence-corrected chi connectivity index (χ0v) is 23.0. The highest BCUT2D eigenvalue weighted by atomic mass is 16.2. The van der Waals surface area contributed by atoms with E-state index in [0.717, 1.165) is 30.8 Å². The van der Waals surface area contributed by atoms with Gasteiger partial charge in [-0.2, -0.15) is 4.98 Å². The van der Waals surface area contributed by atoms with Gasteiger partial charge in [-0.05, 0) is 54.3 Å². The van der Waals surface area contributed by atoms with E-state index in [0.29, 0.717) is 46.1 Å². The van der Waals surface area contributed by atoms with E-state index in [1.807, 2.05) is 50.5 Å². The molecule has 2 N–H and O–H groups in total. The smallest absolute Gasteiger partial charge is 0.263 e. The molecule has 0 aliphatic carbocycles. The van der Waals surface area contributed by atoms with Crippen molar-refractivity contribution in [1.82, 2.24) is 29.7 Å². The Bertz CT molecular complexity index is 1670. The van der Waals surface area contributed by atoms with Gasteiger partial charge in [-0.15, -0.1) is 0 Å². The maximum atomic E-state index is 14.1. The first-order chi connectivity index (χ1) is 19.3. The number of benzene rings is 2. The van der Waals surface area contributed by atoms with Gasteiger partial charge in [0.05, 0.1) is 5.56 Å². The molecule has 1 amide bonds. The maximum Gasteiger partial charge on any atom is 0.263 e. The molecule has 2 aromatic carbocycles. The molecule has 9 heteroatoms. The van der Waals surface area contributed by atoms with Gasteiger partial charge in [0.15, 0.2) is 0 Å². The number of aromatic nitrogens is 3. The molecule has 40 heavy (non-hydrogen) atoms.